The molecule has 0 amide bonds. The minimum Gasteiger partial charge on any atom is -0.0864 e. The third-order valence-electron chi connectivity index (χ3n) is 2.95. The molecule has 0 aliphatic carbocycles. The Hall–Kier alpha value is -0.0500. The average Bonchev–Trinajstić information content (AvgIpc) is 2.29. The zero-order valence-electron chi connectivity index (χ0n) is 12.6. The molecule has 0 radical (unpaired) electrons. The molecule has 0 N–H and O–H groups in total. The zero-order chi connectivity index (χ0) is 13.8. The van der Waals surface area contributed by atoms with Crippen molar-refractivity contribution in [1.29, 1.82) is 0 Å². The first-order valence-corrected chi connectivity index (χ1v) is 8.59. The Morgan fingerprint density at radius 2 is 1.28 bits per heavy atom. The Balaban J connectivity index is 3.79. The fraction of sp³-hybridized carbons (Fsp3) is 0.647. The van der Waals surface area contributed by atoms with Crippen LogP contribution in [0.1, 0.15) is 66.2 Å². The smallest absolute Gasteiger partial charge is 0.000178 e. The van der Waals surface area contributed by atoms with Crippen LogP contribution in [0, 0.1) is 0 Å². The molecule has 0 aliphatic heterocycles. The Morgan fingerprint density at radius 3 is 1.78 bits per heavy atom. The first-order valence-electron chi connectivity index (χ1n) is 7.07. The Bertz CT molecular complexity index is 291. The molecule has 0 saturated carbocycles. The molecule has 0 spiro atoms. The molecule has 0 rings (SSSR count). The van der Waals surface area contributed by atoms with E-state index in [0.717, 1.165) is 0 Å². The van der Waals surface area contributed by atoms with Crippen molar-refractivity contribution in [1.82, 2.24) is 0 Å². The molecule has 0 aromatic rings. The standard InChI is InChI=1S/C17H29I/c1-15(2)9-7-11-17(4)13-8-12-16(3)10-5-6-14-18/h9-10,13H,5-8,11-12,14H2,1-4H3. The van der Waals surface area contributed by atoms with Crippen LogP contribution >= 0.6 is 22.6 Å². The van der Waals surface area contributed by atoms with Gasteiger partial charge in [-0.1, -0.05) is 57.5 Å². The minimum absolute atomic E-state index is 1.19. The van der Waals surface area contributed by atoms with Gasteiger partial charge in [0.1, 0.15) is 0 Å². The quantitative estimate of drug-likeness (QED) is 0.188. The minimum atomic E-state index is 1.19. The van der Waals surface area contributed by atoms with Crippen LogP contribution in [0.2, 0.25) is 0 Å². The van der Waals surface area contributed by atoms with Crippen LogP contribution in [-0.2, 0) is 0 Å². The summed E-state index contributed by atoms with van der Waals surface area (Å²) in [5, 5.41) is 0. The summed E-state index contributed by atoms with van der Waals surface area (Å²) in [5.74, 6) is 0. The van der Waals surface area contributed by atoms with Crippen molar-refractivity contribution in [2.75, 3.05) is 4.43 Å². The molecule has 0 nitrogen and oxygen atoms in total. The Morgan fingerprint density at radius 1 is 0.778 bits per heavy atom. The normalized spacial score (nSPS) is 12.7. The zero-order valence-corrected chi connectivity index (χ0v) is 14.7. The van der Waals surface area contributed by atoms with Gasteiger partial charge in [0.15, 0.2) is 0 Å². The van der Waals surface area contributed by atoms with Crippen LogP contribution < -0.4 is 0 Å². The van der Waals surface area contributed by atoms with Gasteiger partial charge in [-0.05, 0) is 70.6 Å². The van der Waals surface area contributed by atoms with E-state index in [2.05, 4.69) is 68.5 Å². The topological polar surface area (TPSA) is 0 Å². The van der Waals surface area contributed by atoms with E-state index in [-0.39, 0.29) is 0 Å². The van der Waals surface area contributed by atoms with Gasteiger partial charge in [0.2, 0.25) is 0 Å². The van der Waals surface area contributed by atoms with Crippen LogP contribution in [0.5, 0.6) is 0 Å². The highest BCUT2D eigenvalue weighted by Gasteiger charge is 1.92. The van der Waals surface area contributed by atoms with Gasteiger partial charge in [-0.2, -0.15) is 0 Å². The molecule has 0 bridgehead atoms. The highest BCUT2D eigenvalue weighted by molar-refractivity contribution is 14.1. The summed E-state index contributed by atoms with van der Waals surface area (Å²) in [6, 6.07) is 0. The first-order chi connectivity index (χ1) is 8.56. The van der Waals surface area contributed by atoms with Crippen molar-refractivity contribution in [3.63, 3.8) is 0 Å². The number of hydrogen-bond acceptors (Lipinski definition) is 0. The summed E-state index contributed by atoms with van der Waals surface area (Å²) in [6.07, 6.45) is 14.5. The molecule has 0 unspecified atom stereocenters. The highest BCUT2D eigenvalue weighted by atomic mass is 127. The molecular weight excluding hydrogens is 331 g/mol. The van der Waals surface area contributed by atoms with Crippen LogP contribution in [0.3, 0.4) is 0 Å². The monoisotopic (exact) mass is 360 g/mol. The van der Waals surface area contributed by atoms with Gasteiger partial charge < -0.3 is 0 Å². The fourth-order valence-electron chi connectivity index (χ4n) is 1.76. The molecule has 18 heavy (non-hydrogen) atoms. The van der Waals surface area contributed by atoms with Gasteiger partial charge in [-0.3, -0.25) is 0 Å². The van der Waals surface area contributed by atoms with E-state index in [9.17, 15) is 0 Å². The lowest BCUT2D eigenvalue weighted by Gasteiger charge is -2.01. The second kappa shape index (κ2) is 12.0. The number of hydrogen-bond donors (Lipinski definition) is 0. The van der Waals surface area contributed by atoms with E-state index in [1.54, 1.807) is 5.57 Å². The predicted molar refractivity (Wildman–Crippen MR) is 93.5 cm³/mol. The number of allylic oxidation sites excluding steroid dienone is 6. The predicted octanol–water partition coefficient (Wildman–Crippen LogP) is 6.62. The Kier molecular flexibility index (Phi) is 12.0. The molecule has 0 aliphatic rings. The van der Waals surface area contributed by atoms with Crippen molar-refractivity contribution in [3.8, 4) is 0 Å². The van der Waals surface area contributed by atoms with Gasteiger partial charge in [0, 0.05) is 0 Å². The highest BCUT2D eigenvalue weighted by Crippen LogP contribution is 2.12. The molecule has 1 heteroatoms. The van der Waals surface area contributed by atoms with Gasteiger partial charge >= 0.3 is 0 Å². The van der Waals surface area contributed by atoms with Gasteiger partial charge in [0.05, 0.1) is 0 Å². The van der Waals surface area contributed by atoms with Crippen molar-refractivity contribution < 1.29 is 0 Å². The van der Waals surface area contributed by atoms with E-state index in [1.807, 2.05) is 0 Å². The first kappa shape index (κ1) is 17.9. The lowest BCUT2D eigenvalue weighted by Crippen LogP contribution is -1.81. The second-order valence-electron chi connectivity index (χ2n) is 5.29. The maximum absolute atomic E-state index is 2.45. The third kappa shape index (κ3) is 12.4. The number of rotatable bonds is 9. The van der Waals surface area contributed by atoms with E-state index in [1.165, 1.54) is 54.1 Å². The number of unbranched alkanes of at least 4 members (excludes halogenated alkanes) is 1. The number of alkyl halides is 1. The van der Waals surface area contributed by atoms with Crippen LogP contribution in [0.15, 0.2) is 34.9 Å². The summed E-state index contributed by atoms with van der Waals surface area (Å²) in [5.41, 5.74) is 4.51. The second-order valence-corrected chi connectivity index (χ2v) is 6.37. The maximum atomic E-state index is 2.45. The molecule has 0 heterocycles. The molecular formula is C17H29I. The summed E-state index contributed by atoms with van der Waals surface area (Å²) in [7, 11) is 0. The summed E-state index contributed by atoms with van der Waals surface area (Å²) in [6.45, 7) is 8.86. The largest absolute Gasteiger partial charge is 0.0864 e. The van der Waals surface area contributed by atoms with E-state index in [0.29, 0.717) is 0 Å². The van der Waals surface area contributed by atoms with Crippen LogP contribution in [-0.4, -0.2) is 4.43 Å². The van der Waals surface area contributed by atoms with Crippen molar-refractivity contribution >= 4 is 22.6 Å². The van der Waals surface area contributed by atoms with Gasteiger partial charge in [-0.25, -0.2) is 0 Å². The molecule has 0 aromatic heterocycles. The van der Waals surface area contributed by atoms with Gasteiger partial charge in [-0.15, -0.1) is 0 Å². The van der Waals surface area contributed by atoms with Crippen molar-refractivity contribution in [2.45, 2.75) is 66.2 Å². The molecule has 0 aromatic carbocycles. The van der Waals surface area contributed by atoms with Crippen LogP contribution in [0.4, 0.5) is 0 Å². The van der Waals surface area contributed by atoms with E-state index in [4.69, 9.17) is 0 Å². The molecule has 104 valence electrons. The molecule has 0 fully saturated rings. The van der Waals surface area contributed by atoms with Crippen molar-refractivity contribution in [2.24, 2.45) is 0 Å². The molecule has 0 saturated heterocycles. The Labute approximate surface area is 128 Å². The lowest BCUT2D eigenvalue weighted by molar-refractivity contribution is 0.900. The van der Waals surface area contributed by atoms with Crippen LogP contribution in [0.25, 0.3) is 0 Å². The van der Waals surface area contributed by atoms with E-state index >= 15 is 0 Å². The summed E-state index contributed by atoms with van der Waals surface area (Å²) >= 11 is 2.45. The maximum Gasteiger partial charge on any atom is -0.000178 e. The van der Waals surface area contributed by atoms with Gasteiger partial charge in [0.25, 0.3) is 0 Å². The summed E-state index contributed by atoms with van der Waals surface area (Å²) < 4.78 is 1.27. The molecule has 0 atom stereocenters. The van der Waals surface area contributed by atoms with E-state index < -0.39 is 0 Å². The summed E-state index contributed by atoms with van der Waals surface area (Å²) in [4.78, 5) is 0. The fourth-order valence-corrected chi connectivity index (χ4v) is 2.20. The average molecular weight is 360 g/mol. The third-order valence-corrected chi connectivity index (χ3v) is 3.72. The van der Waals surface area contributed by atoms with Crippen molar-refractivity contribution in [3.05, 3.63) is 34.9 Å². The number of halogens is 1. The SMILES string of the molecule is CC(C)=CCCC(C)=CCCC(C)=CCCCI. The lowest BCUT2D eigenvalue weighted by atomic mass is 10.1.